The lowest BCUT2D eigenvalue weighted by Gasteiger charge is -2.38. The Morgan fingerprint density at radius 2 is 1.78 bits per heavy atom. The van der Waals surface area contributed by atoms with Crippen LogP contribution in [0.15, 0.2) is 0 Å². The summed E-state index contributed by atoms with van der Waals surface area (Å²) in [7, 11) is 0. The third kappa shape index (κ3) is 5.30. The van der Waals surface area contributed by atoms with E-state index in [1.807, 2.05) is 0 Å². The third-order valence-electron chi connectivity index (χ3n) is 4.74. The molecule has 0 heterocycles. The van der Waals surface area contributed by atoms with E-state index in [1.54, 1.807) is 0 Å². The summed E-state index contributed by atoms with van der Waals surface area (Å²) >= 11 is 0. The highest BCUT2D eigenvalue weighted by molar-refractivity contribution is 4.82. The minimum absolute atomic E-state index is 0.779. The topological polar surface area (TPSA) is 12.0 Å². The second kappa shape index (κ2) is 8.19. The molecule has 0 aliphatic heterocycles. The number of hydrogen-bond acceptors (Lipinski definition) is 1. The van der Waals surface area contributed by atoms with E-state index in [1.165, 1.54) is 45.2 Å². The first-order valence-corrected chi connectivity index (χ1v) is 8.25. The Labute approximate surface area is 115 Å². The van der Waals surface area contributed by atoms with Crippen molar-refractivity contribution < 1.29 is 0 Å². The molecule has 0 saturated heterocycles. The molecule has 18 heavy (non-hydrogen) atoms. The zero-order valence-electron chi connectivity index (χ0n) is 13.3. The van der Waals surface area contributed by atoms with Gasteiger partial charge in [0.15, 0.2) is 0 Å². The maximum atomic E-state index is 3.69. The molecule has 3 atom stereocenters. The van der Waals surface area contributed by atoms with Crippen molar-refractivity contribution in [2.24, 2.45) is 29.6 Å². The maximum Gasteiger partial charge on any atom is -0.00178 e. The van der Waals surface area contributed by atoms with E-state index in [9.17, 15) is 0 Å². The molecule has 108 valence electrons. The van der Waals surface area contributed by atoms with Gasteiger partial charge >= 0.3 is 0 Å². The summed E-state index contributed by atoms with van der Waals surface area (Å²) in [6.07, 6.45) is 7.21. The Morgan fingerprint density at radius 1 is 1.06 bits per heavy atom. The first kappa shape index (κ1) is 16.0. The predicted molar refractivity (Wildman–Crippen MR) is 81.8 cm³/mol. The normalized spacial score (nSPS) is 29.2. The summed E-state index contributed by atoms with van der Waals surface area (Å²) in [5, 5.41) is 3.69. The highest BCUT2D eigenvalue weighted by Gasteiger charge is 2.30. The van der Waals surface area contributed by atoms with Crippen molar-refractivity contribution >= 4 is 0 Å². The molecule has 1 N–H and O–H groups in total. The molecule has 0 aromatic carbocycles. The summed E-state index contributed by atoms with van der Waals surface area (Å²) in [4.78, 5) is 0. The van der Waals surface area contributed by atoms with Gasteiger partial charge in [-0.15, -0.1) is 0 Å². The average Bonchev–Trinajstić information content (AvgIpc) is 2.30. The van der Waals surface area contributed by atoms with Crippen LogP contribution in [-0.4, -0.2) is 13.1 Å². The second-order valence-electron chi connectivity index (χ2n) is 7.18. The molecule has 3 unspecified atom stereocenters. The minimum atomic E-state index is 0.779. The molecule has 1 aliphatic carbocycles. The molecular formula is C17H35N. The maximum absolute atomic E-state index is 3.69. The molecule has 0 radical (unpaired) electrons. The van der Waals surface area contributed by atoms with Gasteiger partial charge in [-0.3, -0.25) is 0 Å². The predicted octanol–water partition coefficient (Wildman–Crippen LogP) is 4.72. The number of rotatable bonds is 7. The van der Waals surface area contributed by atoms with Crippen LogP contribution < -0.4 is 5.32 Å². The van der Waals surface area contributed by atoms with E-state index in [0.29, 0.717) is 0 Å². The molecule has 1 nitrogen and oxygen atoms in total. The van der Waals surface area contributed by atoms with Gasteiger partial charge in [0, 0.05) is 0 Å². The first-order chi connectivity index (χ1) is 8.54. The molecular weight excluding hydrogens is 218 g/mol. The zero-order chi connectivity index (χ0) is 13.5. The van der Waals surface area contributed by atoms with Crippen molar-refractivity contribution in [3.05, 3.63) is 0 Å². The summed E-state index contributed by atoms with van der Waals surface area (Å²) in [5.41, 5.74) is 0. The van der Waals surface area contributed by atoms with Crippen LogP contribution in [0.3, 0.4) is 0 Å². The van der Waals surface area contributed by atoms with Crippen LogP contribution in [0, 0.1) is 29.6 Å². The van der Waals surface area contributed by atoms with Crippen molar-refractivity contribution in [3.63, 3.8) is 0 Å². The lowest BCUT2D eigenvalue weighted by Crippen LogP contribution is -2.35. The SMILES string of the molecule is CCCC1CC(C(C)C)CCC1CNCC(C)C. The van der Waals surface area contributed by atoms with E-state index < -0.39 is 0 Å². The van der Waals surface area contributed by atoms with Crippen molar-refractivity contribution in [3.8, 4) is 0 Å². The molecule has 0 amide bonds. The molecule has 1 heteroatoms. The quantitative estimate of drug-likeness (QED) is 0.692. The van der Waals surface area contributed by atoms with Crippen LogP contribution in [0.25, 0.3) is 0 Å². The van der Waals surface area contributed by atoms with Gasteiger partial charge in [-0.25, -0.2) is 0 Å². The molecule has 0 bridgehead atoms. The fraction of sp³-hybridized carbons (Fsp3) is 1.00. The van der Waals surface area contributed by atoms with E-state index in [2.05, 4.69) is 39.9 Å². The van der Waals surface area contributed by atoms with Gasteiger partial charge in [-0.05, 0) is 61.9 Å². The van der Waals surface area contributed by atoms with Gasteiger partial charge in [0.05, 0.1) is 0 Å². The Morgan fingerprint density at radius 3 is 2.33 bits per heavy atom. The van der Waals surface area contributed by atoms with Crippen LogP contribution in [0.4, 0.5) is 0 Å². The van der Waals surface area contributed by atoms with E-state index in [4.69, 9.17) is 0 Å². The summed E-state index contributed by atoms with van der Waals surface area (Å²) in [6, 6.07) is 0. The molecule has 0 aromatic rings. The molecule has 1 saturated carbocycles. The minimum Gasteiger partial charge on any atom is -0.316 e. The molecule has 0 aromatic heterocycles. The largest absolute Gasteiger partial charge is 0.316 e. The fourth-order valence-corrected chi connectivity index (χ4v) is 3.52. The van der Waals surface area contributed by atoms with Crippen LogP contribution in [0.2, 0.25) is 0 Å². The van der Waals surface area contributed by atoms with Crippen molar-refractivity contribution in [2.75, 3.05) is 13.1 Å². The first-order valence-electron chi connectivity index (χ1n) is 8.25. The summed E-state index contributed by atoms with van der Waals surface area (Å²) in [5.74, 6) is 4.58. The molecule has 1 fully saturated rings. The van der Waals surface area contributed by atoms with Crippen LogP contribution in [0.1, 0.15) is 66.7 Å². The molecule has 0 spiro atoms. The Hall–Kier alpha value is -0.0400. The summed E-state index contributed by atoms with van der Waals surface area (Å²) < 4.78 is 0. The number of nitrogens with one attached hydrogen (secondary N) is 1. The molecule has 1 rings (SSSR count). The van der Waals surface area contributed by atoms with Gasteiger partial charge in [-0.1, -0.05) is 47.5 Å². The van der Waals surface area contributed by atoms with Crippen molar-refractivity contribution in [1.29, 1.82) is 0 Å². The van der Waals surface area contributed by atoms with Crippen LogP contribution >= 0.6 is 0 Å². The molecule has 1 aliphatic rings. The van der Waals surface area contributed by atoms with Gasteiger partial charge in [0.25, 0.3) is 0 Å². The van der Waals surface area contributed by atoms with Crippen molar-refractivity contribution in [2.45, 2.75) is 66.7 Å². The van der Waals surface area contributed by atoms with Gasteiger partial charge in [0.1, 0.15) is 0 Å². The Balaban J connectivity index is 2.40. The monoisotopic (exact) mass is 253 g/mol. The van der Waals surface area contributed by atoms with Crippen LogP contribution in [-0.2, 0) is 0 Å². The average molecular weight is 253 g/mol. The fourth-order valence-electron chi connectivity index (χ4n) is 3.52. The highest BCUT2D eigenvalue weighted by Crippen LogP contribution is 2.39. The van der Waals surface area contributed by atoms with E-state index in [-0.39, 0.29) is 0 Å². The Kier molecular flexibility index (Phi) is 7.29. The zero-order valence-corrected chi connectivity index (χ0v) is 13.3. The van der Waals surface area contributed by atoms with Crippen molar-refractivity contribution in [1.82, 2.24) is 5.32 Å². The standard InChI is InChI=1S/C17H35N/c1-6-7-16-10-15(14(4)5)8-9-17(16)12-18-11-13(2)3/h13-18H,6-12H2,1-5H3. The van der Waals surface area contributed by atoms with E-state index in [0.717, 1.165) is 29.6 Å². The lowest BCUT2D eigenvalue weighted by atomic mass is 9.69. The third-order valence-corrected chi connectivity index (χ3v) is 4.74. The van der Waals surface area contributed by atoms with Gasteiger partial charge in [0.2, 0.25) is 0 Å². The number of hydrogen-bond donors (Lipinski definition) is 1. The smallest absolute Gasteiger partial charge is 0.00178 e. The highest BCUT2D eigenvalue weighted by atomic mass is 14.9. The summed E-state index contributed by atoms with van der Waals surface area (Å²) in [6.45, 7) is 14.2. The van der Waals surface area contributed by atoms with Crippen LogP contribution in [0.5, 0.6) is 0 Å². The lowest BCUT2D eigenvalue weighted by molar-refractivity contribution is 0.136. The Bertz CT molecular complexity index is 208. The van der Waals surface area contributed by atoms with E-state index >= 15 is 0 Å². The van der Waals surface area contributed by atoms with Gasteiger partial charge in [-0.2, -0.15) is 0 Å². The van der Waals surface area contributed by atoms with Gasteiger partial charge < -0.3 is 5.32 Å². The second-order valence-corrected chi connectivity index (χ2v) is 7.18.